The smallest absolute Gasteiger partial charge is 0.416 e. The largest absolute Gasteiger partial charge is 0.466 e. The highest BCUT2D eigenvalue weighted by atomic mass is 19.4. The van der Waals surface area contributed by atoms with Gasteiger partial charge >= 0.3 is 12.1 Å². The Morgan fingerprint density at radius 3 is 2.66 bits per heavy atom. The Kier molecular flexibility index (Phi) is 8.37. The maximum absolute atomic E-state index is 12.8. The van der Waals surface area contributed by atoms with Crippen molar-refractivity contribution in [1.29, 1.82) is 0 Å². The van der Waals surface area contributed by atoms with Gasteiger partial charge in [-0.15, -0.1) is 0 Å². The number of alkyl halides is 3. The van der Waals surface area contributed by atoms with E-state index in [4.69, 9.17) is 4.74 Å². The monoisotopic (exact) mass is 409 g/mol. The number of halogens is 3. The third-order valence-corrected chi connectivity index (χ3v) is 4.48. The second-order valence-electron chi connectivity index (χ2n) is 6.56. The Morgan fingerprint density at radius 2 is 2.03 bits per heavy atom. The molecule has 0 spiro atoms. The first-order valence-corrected chi connectivity index (χ1v) is 9.71. The van der Waals surface area contributed by atoms with Gasteiger partial charge in [-0.2, -0.15) is 13.2 Å². The predicted octanol–water partition coefficient (Wildman–Crippen LogP) is 3.30. The van der Waals surface area contributed by atoms with Crippen LogP contribution in [-0.2, 0) is 15.7 Å². The number of carbonyl (C=O) groups excluding carboxylic acids is 1. The number of carbonyl (C=O) groups is 1. The highest BCUT2D eigenvalue weighted by Gasteiger charge is 2.30. The van der Waals surface area contributed by atoms with Gasteiger partial charge in [-0.05, 0) is 44.9 Å². The summed E-state index contributed by atoms with van der Waals surface area (Å²) in [5.41, 5.74) is -0.416. The van der Waals surface area contributed by atoms with Gasteiger partial charge in [-0.3, -0.25) is 4.79 Å². The Hall–Kier alpha value is -2.69. The number of aliphatic imine (C=N–C) groups is 1. The average Bonchev–Trinajstić information content (AvgIpc) is 2.70. The SMILES string of the molecule is CCNC(=NCC#Cc1cccc(C(F)(F)F)c1)N1CCC(C(=O)OCC)CC1. The maximum atomic E-state index is 12.8. The van der Waals surface area contributed by atoms with Crippen LogP contribution in [0.15, 0.2) is 29.3 Å². The molecular formula is C21H26F3N3O2. The Balaban J connectivity index is 1.97. The van der Waals surface area contributed by atoms with E-state index in [2.05, 4.69) is 27.0 Å². The number of esters is 1. The fourth-order valence-corrected chi connectivity index (χ4v) is 3.04. The van der Waals surface area contributed by atoms with E-state index in [1.807, 2.05) is 6.92 Å². The molecule has 1 fully saturated rings. The molecule has 1 saturated heterocycles. The van der Waals surface area contributed by atoms with Crippen molar-refractivity contribution in [2.24, 2.45) is 10.9 Å². The van der Waals surface area contributed by atoms with Crippen LogP contribution >= 0.6 is 0 Å². The van der Waals surface area contributed by atoms with E-state index in [1.165, 1.54) is 12.1 Å². The normalized spacial score (nSPS) is 15.5. The van der Waals surface area contributed by atoms with Crippen LogP contribution in [0, 0.1) is 17.8 Å². The van der Waals surface area contributed by atoms with Gasteiger partial charge in [0.05, 0.1) is 18.1 Å². The van der Waals surface area contributed by atoms with E-state index in [0.29, 0.717) is 50.6 Å². The lowest BCUT2D eigenvalue weighted by Gasteiger charge is -2.33. The standard InChI is InChI=1S/C21H26F3N3O2/c1-3-25-20(27-13-10-17(11-14-27)19(28)29-4-2)26-12-6-8-16-7-5-9-18(15-16)21(22,23)24/h5,7,9,15,17H,3-4,10-14H2,1-2H3,(H,25,26). The van der Waals surface area contributed by atoms with Crippen LogP contribution in [0.1, 0.15) is 37.8 Å². The van der Waals surface area contributed by atoms with Gasteiger partial charge < -0.3 is 15.0 Å². The lowest BCUT2D eigenvalue weighted by Crippen LogP contribution is -2.46. The first-order chi connectivity index (χ1) is 13.8. The van der Waals surface area contributed by atoms with E-state index in [0.717, 1.165) is 12.1 Å². The van der Waals surface area contributed by atoms with Crippen molar-refractivity contribution in [3.8, 4) is 11.8 Å². The predicted molar refractivity (Wildman–Crippen MR) is 105 cm³/mol. The number of benzene rings is 1. The second kappa shape index (κ2) is 10.7. The van der Waals surface area contributed by atoms with Crippen LogP contribution in [0.2, 0.25) is 0 Å². The van der Waals surface area contributed by atoms with Crippen molar-refractivity contribution >= 4 is 11.9 Å². The Bertz CT molecular complexity index is 773. The molecule has 0 atom stereocenters. The molecule has 0 radical (unpaired) electrons. The maximum Gasteiger partial charge on any atom is 0.416 e. The van der Waals surface area contributed by atoms with Gasteiger partial charge in [0, 0.05) is 25.2 Å². The molecule has 0 aromatic heterocycles. The minimum absolute atomic E-state index is 0.0882. The molecule has 0 saturated carbocycles. The summed E-state index contributed by atoms with van der Waals surface area (Å²) in [6.45, 7) is 6.33. The molecule has 158 valence electrons. The summed E-state index contributed by atoms with van der Waals surface area (Å²) in [4.78, 5) is 18.4. The summed E-state index contributed by atoms with van der Waals surface area (Å²) >= 11 is 0. The van der Waals surface area contributed by atoms with Gasteiger partial charge in [-0.25, -0.2) is 4.99 Å². The van der Waals surface area contributed by atoms with Gasteiger partial charge in [0.1, 0.15) is 6.54 Å². The number of likely N-dealkylation sites (tertiary alicyclic amines) is 1. The number of nitrogens with zero attached hydrogens (tertiary/aromatic N) is 2. The van der Waals surface area contributed by atoms with Crippen molar-refractivity contribution in [3.63, 3.8) is 0 Å². The molecule has 1 N–H and O–H groups in total. The number of nitrogens with one attached hydrogen (secondary N) is 1. The zero-order valence-corrected chi connectivity index (χ0v) is 16.7. The molecule has 1 aromatic rings. The summed E-state index contributed by atoms with van der Waals surface area (Å²) in [6, 6.07) is 4.93. The van der Waals surface area contributed by atoms with Gasteiger partial charge in [0.25, 0.3) is 0 Å². The molecule has 1 heterocycles. The van der Waals surface area contributed by atoms with Crippen LogP contribution in [0.5, 0.6) is 0 Å². The molecule has 8 heteroatoms. The van der Waals surface area contributed by atoms with Crippen molar-refractivity contribution in [3.05, 3.63) is 35.4 Å². The summed E-state index contributed by atoms with van der Waals surface area (Å²) in [5, 5.41) is 3.19. The molecule has 29 heavy (non-hydrogen) atoms. The molecule has 0 bridgehead atoms. The molecule has 5 nitrogen and oxygen atoms in total. The second-order valence-corrected chi connectivity index (χ2v) is 6.56. The third-order valence-electron chi connectivity index (χ3n) is 4.48. The zero-order valence-electron chi connectivity index (χ0n) is 16.7. The van der Waals surface area contributed by atoms with Crippen LogP contribution in [0.25, 0.3) is 0 Å². The molecule has 0 unspecified atom stereocenters. The first kappa shape index (κ1) is 22.6. The lowest BCUT2D eigenvalue weighted by molar-refractivity contribution is -0.149. The van der Waals surface area contributed by atoms with E-state index < -0.39 is 11.7 Å². The number of rotatable bonds is 4. The highest BCUT2D eigenvalue weighted by molar-refractivity contribution is 5.80. The summed E-state index contributed by atoms with van der Waals surface area (Å²) in [5.74, 6) is 5.98. The Morgan fingerprint density at radius 1 is 1.31 bits per heavy atom. The zero-order chi connectivity index (χ0) is 21.3. The van der Waals surface area contributed by atoms with E-state index >= 15 is 0 Å². The highest BCUT2D eigenvalue weighted by Crippen LogP contribution is 2.29. The van der Waals surface area contributed by atoms with Crippen molar-refractivity contribution in [2.45, 2.75) is 32.9 Å². The van der Waals surface area contributed by atoms with E-state index in [9.17, 15) is 18.0 Å². The molecule has 1 aromatic carbocycles. The first-order valence-electron chi connectivity index (χ1n) is 9.71. The van der Waals surface area contributed by atoms with Gasteiger partial charge in [0.2, 0.25) is 0 Å². The topological polar surface area (TPSA) is 53.9 Å². The molecule has 1 aliphatic heterocycles. The molecule has 0 amide bonds. The van der Waals surface area contributed by atoms with Crippen molar-refractivity contribution < 1.29 is 22.7 Å². The summed E-state index contributed by atoms with van der Waals surface area (Å²) in [6.07, 6.45) is -3.00. The summed E-state index contributed by atoms with van der Waals surface area (Å²) in [7, 11) is 0. The van der Waals surface area contributed by atoms with Crippen LogP contribution in [0.3, 0.4) is 0 Å². The summed E-state index contributed by atoms with van der Waals surface area (Å²) < 4.78 is 43.4. The molecule has 1 aliphatic rings. The van der Waals surface area contributed by atoms with Crippen molar-refractivity contribution in [1.82, 2.24) is 10.2 Å². The number of hydrogen-bond acceptors (Lipinski definition) is 3. The van der Waals surface area contributed by atoms with E-state index in [-0.39, 0.29) is 18.4 Å². The number of guanidine groups is 1. The third kappa shape index (κ3) is 7.00. The fourth-order valence-electron chi connectivity index (χ4n) is 3.04. The fraction of sp³-hybridized carbons (Fsp3) is 0.524. The van der Waals surface area contributed by atoms with Crippen LogP contribution < -0.4 is 5.32 Å². The molecular weight excluding hydrogens is 383 g/mol. The number of hydrogen-bond donors (Lipinski definition) is 1. The minimum Gasteiger partial charge on any atom is -0.466 e. The Labute approximate surface area is 169 Å². The van der Waals surface area contributed by atoms with Crippen molar-refractivity contribution in [2.75, 3.05) is 32.8 Å². The average molecular weight is 409 g/mol. The van der Waals surface area contributed by atoms with Gasteiger partial charge in [0.15, 0.2) is 5.96 Å². The van der Waals surface area contributed by atoms with Gasteiger partial charge in [-0.1, -0.05) is 17.9 Å². The minimum atomic E-state index is -4.39. The van der Waals surface area contributed by atoms with Crippen LogP contribution in [0.4, 0.5) is 13.2 Å². The molecule has 0 aliphatic carbocycles. The quantitative estimate of drug-likeness (QED) is 0.359. The van der Waals surface area contributed by atoms with E-state index in [1.54, 1.807) is 6.92 Å². The lowest BCUT2D eigenvalue weighted by atomic mass is 9.97. The van der Waals surface area contributed by atoms with Crippen LogP contribution in [-0.4, -0.2) is 49.6 Å². The molecule has 2 rings (SSSR count). The number of piperidine rings is 1. The number of ether oxygens (including phenoxy) is 1.